The fourth-order valence-corrected chi connectivity index (χ4v) is 1.69. The Bertz CT molecular complexity index is 594. The fraction of sp³-hybridized carbons (Fsp3) is 0.188. The highest BCUT2D eigenvalue weighted by Crippen LogP contribution is 2.22. The number of hydrogen-bond acceptors (Lipinski definition) is 2. The van der Waals surface area contributed by atoms with Crippen molar-refractivity contribution >= 4 is 5.91 Å². The van der Waals surface area contributed by atoms with Crippen LogP contribution in [0.1, 0.15) is 24.2 Å². The molecule has 0 unspecified atom stereocenters. The van der Waals surface area contributed by atoms with E-state index in [-0.39, 0.29) is 17.8 Å². The molecule has 2 aromatic rings. The van der Waals surface area contributed by atoms with Gasteiger partial charge in [-0.25, -0.2) is 4.39 Å². The van der Waals surface area contributed by atoms with Crippen molar-refractivity contribution in [2.45, 2.75) is 19.9 Å². The Morgan fingerprint density at radius 1 is 1.10 bits per heavy atom. The molecule has 2 aromatic carbocycles. The number of amides is 1. The summed E-state index contributed by atoms with van der Waals surface area (Å²) >= 11 is 0. The molecule has 0 atom stereocenters. The fourth-order valence-electron chi connectivity index (χ4n) is 1.69. The van der Waals surface area contributed by atoms with Crippen LogP contribution < -0.4 is 10.1 Å². The smallest absolute Gasteiger partial charge is 0.251 e. The molecule has 0 saturated heterocycles. The van der Waals surface area contributed by atoms with Gasteiger partial charge in [-0.1, -0.05) is 6.07 Å². The van der Waals surface area contributed by atoms with Crippen molar-refractivity contribution in [2.24, 2.45) is 0 Å². The van der Waals surface area contributed by atoms with Crippen LogP contribution in [0.15, 0.2) is 48.5 Å². The largest absolute Gasteiger partial charge is 0.457 e. The minimum Gasteiger partial charge on any atom is -0.457 e. The molecule has 0 aliphatic rings. The quantitative estimate of drug-likeness (QED) is 0.921. The number of hydrogen-bond donors (Lipinski definition) is 1. The molecule has 0 fully saturated rings. The number of carbonyl (C=O) groups is 1. The molecule has 104 valence electrons. The highest BCUT2D eigenvalue weighted by atomic mass is 19.1. The van der Waals surface area contributed by atoms with Crippen molar-refractivity contribution in [3.05, 3.63) is 59.9 Å². The summed E-state index contributed by atoms with van der Waals surface area (Å²) in [6.07, 6.45) is 0. The average molecular weight is 273 g/mol. The van der Waals surface area contributed by atoms with Crippen LogP contribution in [0.3, 0.4) is 0 Å². The zero-order valence-corrected chi connectivity index (χ0v) is 11.4. The van der Waals surface area contributed by atoms with Crippen LogP contribution in [0.5, 0.6) is 11.5 Å². The lowest BCUT2D eigenvalue weighted by Crippen LogP contribution is -2.29. The number of ether oxygens (including phenoxy) is 1. The molecule has 0 spiro atoms. The van der Waals surface area contributed by atoms with Crippen LogP contribution in [0.4, 0.5) is 4.39 Å². The topological polar surface area (TPSA) is 38.3 Å². The molecule has 1 amide bonds. The van der Waals surface area contributed by atoms with Crippen LogP contribution in [0, 0.1) is 5.82 Å². The monoisotopic (exact) mass is 273 g/mol. The van der Waals surface area contributed by atoms with Crippen molar-refractivity contribution in [1.29, 1.82) is 0 Å². The number of halogens is 1. The van der Waals surface area contributed by atoms with E-state index in [9.17, 15) is 9.18 Å². The summed E-state index contributed by atoms with van der Waals surface area (Å²) in [5, 5.41) is 2.81. The van der Waals surface area contributed by atoms with E-state index in [4.69, 9.17) is 4.74 Å². The molecule has 0 aromatic heterocycles. The Balaban J connectivity index is 2.13. The summed E-state index contributed by atoms with van der Waals surface area (Å²) in [5.41, 5.74) is 0.526. The first-order valence-corrected chi connectivity index (χ1v) is 6.39. The van der Waals surface area contributed by atoms with E-state index < -0.39 is 0 Å². The first-order valence-electron chi connectivity index (χ1n) is 6.39. The molecule has 20 heavy (non-hydrogen) atoms. The van der Waals surface area contributed by atoms with Crippen molar-refractivity contribution < 1.29 is 13.9 Å². The van der Waals surface area contributed by atoms with Gasteiger partial charge in [0.15, 0.2) is 0 Å². The molecule has 0 heterocycles. The Labute approximate surface area is 117 Å². The van der Waals surface area contributed by atoms with Gasteiger partial charge in [-0.05, 0) is 56.3 Å². The van der Waals surface area contributed by atoms with Gasteiger partial charge in [-0.3, -0.25) is 4.79 Å². The predicted molar refractivity (Wildman–Crippen MR) is 75.5 cm³/mol. The van der Waals surface area contributed by atoms with Gasteiger partial charge >= 0.3 is 0 Å². The van der Waals surface area contributed by atoms with E-state index in [1.807, 2.05) is 13.8 Å². The van der Waals surface area contributed by atoms with E-state index in [0.717, 1.165) is 0 Å². The van der Waals surface area contributed by atoms with Gasteiger partial charge in [0, 0.05) is 11.6 Å². The summed E-state index contributed by atoms with van der Waals surface area (Å²) in [7, 11) is 0. The van der Waals surface area contributed by atoms with Gasteiger partial charge in [-0.2, -0.15) is 0 Å². The van der Waals surface area contributed by atoms with Crippen molar-refractivity contribution in [3.63, 3.8) is 0 Å². The third-order valence-corrected chi connectivity index (χ3v) is 2.57. The zero-order chi connectivity index (χ0) is 14.5. The average Bonchev–Trinajstić information content (AvgIpc) is 2.41. The molecule has 0 radical (unpaired) electrons. The SMILES string of the molecule is CC(C)NC(=O)c1cccc(Oc2ccc(F)cc2)c1. The number of nitrogens with one attached hydrogen (secondary N) is 1. The molecule has 0 saturated carbocycles. The van der Waals surface area contributed by atoms with Crippen molar-refractivity contribution in [1.82, 2.24) is 5.32 Å². The second-order valence-corrected chi connectivity index (χ2v) is 4.71. The maximum absolute atomic E-state index is 12.8. The van der Waals surface area contributed by atoms with Gasteiger partial charge in [0.25, 0.3) is 5.91 Å². The Kier molecular flexibility index (Phi) is 4.35. The highest BCUT2D eigenvalue weighted by Gasteiger charge is 2.08. The van der Waals surface area contributed by atoms with Crippen LogP contribution in [0.25, 0.3) is 0 Å². The summed E-state index contributed by atoms with van der Waals surface area (Å²) < 4.78 is 18.4. The Morgan fingerprint density at radius 2 is 1.80 bits per heavy atom. The molecule has 4 heteroatoms. The number of carbonyl (C=O) groups excluding carboxylic acids is 1. The maximum Gasteiger partial charge on any atom is 0.251 e. The first-order chi connectivity index (χ1) is 9.54. The lowest BCUT2D eigenvalue weighted by molar-refractivity contribution is 0.0943. The summed E-state index contributed by atoms with van der Waals surface area (Å²) in [4.78, 5) is 11.9. The van der Waals surface area contributed by atoms with Crippen LogP contribution in [-0.2, 0) is 0 Å². The van der Waals surface area contributed by atoms with E-state index in [2.05, 4.69) is 5.32 Å². The molecule has 0 bridgehead atoms. The Morgan fingerprint density at radius 3 is 2.45 bits per heavy atom. The van der Waals surface area contributed by atoms with E-state index in [1.54, 1.807) is 24.3 Å². The molecule has 0 aliphatic carbocycles. The Hall–Kier alpha value is -2.36. The molecular weight excluding hydrogens is 257 g/mol. The first kappa shape index (κ1) is 14.1. The standard InChI is InChI=1S/C16H16FNO2/c1-11(2)18-16(19)12-4-3-5-15(10-12)20-14-8-6-13(17)7-9-14/h3-11H,1-2H3,(H,18,19). The van der Waals surface area contributed by atoms with Crippen molar-refractivity contribution in [3.8, 4) is 11.5 Å². The maximum atomic E-state index is 12.8. The molecule has 1 N–H and O–H groups in total. The second kappa shape index (κ2) is 6.19. The van der Waals surface area contributed by atoms with Gasteiger partial charge in [0.2, 0.25) is 0 Å². The van der Waals surface area contributed by atoms with E-state index >= 15 is 0 Å². The lowest BCUT2D eigenvalue weighted by atomic mass is 10.2. The predicted octanol–water partition coefficient (Wildman–Crippen LogP) is 3.76. The van der Waals surface area contributed by atoms with Gasteiger partial charge < -0.3 is 10.1 Å². The minimum atomic E-state index is -0.317. The second-order valence-electron chi connectivity index (χ2n) is 4.71. The normalized spacial score (nSPS) is 10.4. The van der Waals surface area contributed by atoms with Gasteiger partial charge in [0.05, 0.1) is 0 Å². The van der Waals surface area contributed by atoms with E-state index in [1.165, 1.54) is 24.3 Å². The van der Waals surface area contributed by atoms with Crippen LogP contribution in [-0.4, -0.2) is 11.9 Å². The molecule has 2 rings (SSSR count). The zero-order valence-electron chi connectivity index (χ0n) is 11.4. The third-order valence-electron chi connectivity index (χ3n) is 2.57. The number of rotatable bonds is 4. The van der Waals surface area contributed by atoms with Crippen LogP contribution in [0.2, 0.25) is 0 Å². The highest BCUT2D eigenvalue weighted by molar-refractivity contribution is 5.94. The summed E-state index contributed by atoms with van der Waals surface area (Å²) in [6, 6.07) is 12.7. The minimum absolute atomic E-state index is 0.0733. The summed E-state index contributed by atoms with van der Waals surface area (Å²) in [6.45, 7) is 3.80. The lowest BCUT2D eigenvalue weighted by Gasteiger charge is -2.10. The van der Waals surface area contributed by atoms with Crippen molar-refractivity contribution in [2.75, 3.05) is 0 Å². The molecule has 3 nitrogen and oxygen atoms in total. The molecular formula is C16H16FNO2. The molecule has 0 aliphatic heterocycles. The van der Waals surface area contributed by atoms with Gasteiger partial charge in [0.1, 0.15) is 17.3 Å². The van der Waals surface area contributed by atoms with Crippen LogP contribution >= 0.6 is 0 Å². The number of benzene rings is 2. The van der Waals surface area contributed by atoms with Gasteiger partial charge in [-0.15, -0.1) is 0 Å². The summed E-state index contributed by atoms with van der Waals surface area (Å²) in [5.74, 6) is 0.591. The third kappa shape index (κ3) is 3.82. The van der Waals surface area contributed by atoms with E-state index in [0.29, 0.717) is 17.1 Å².